The molecule has 8 heteroatoms. The summed E-state index contributed by atoms with van der Waals surface area (Å²) in [6, 6.07) is 21.5. The van der Waals surface area contributed by atoms with Gasteiger partial charge in [0.15, 0.2) is 0 Å². The maximum Gasteiger partial charge on any atom is 0.265 e. The molecule has 1 heterocycles. The number of anilines is 1. The summed E-state index contributed by atoms with van der Waals surface area (Å²) in [5.74, 6) is -0.417. The number of aryl methyl sites for hydroxylation is 2. The van der Waals surface area contributed by atoms with Crippen molar-refractivity contribution in [1.29, 1.82) is 0 Å². The van der Waals surface area contributed by atoms with Gasteiger partial charge in [0.25, 0.3) is 10.0 Å². The highest BCUT2D eigenvalue weighted by Crippen LogP contribution is 2.40. The van der Waals surface area contributed by atoms with Crippen molar-refractivity contribution in [3.8, 4) is 0 Å². The first kappa shape index (κ1) is 24.9. The van der Waals surface area contributed by atoms with Gasteiger partial charge in [-0.2, -0.15) is 4.31 Å². The first-order valence-corrected chi connectivity index (χ1v) is 14.0. The molecule has 0 spiro atoms. The van der Waals surface area contributed by atoms with Crippen LogP contribution in [-0.4, -0.2) is 33.9 Å². The van der Waals surface area contributed by atoms with Crippen molar-refractivity contribution in [3.05, 3.63) is 115 Å². The van der Waals surface area contributed by atoms with E-state index in [-0.39, 0.29) is 16.3 Å². The molecular weight excluding hydrogens is 480 g/mol. The zero-order chi connectivity index (χ0) is 25.4. The third-order valence-corrected chi connectivity index (χ3v) is 9.81. The lowest BCUT2D eigenvalue weighted by Crippen LogP contribution is -2.50. The molecule has 0 aromatic heterocycles. The van der Waals surface area contributed by atoms with Gasteiger partial charge in [0.1, 0.15) is 6.17 Å². The number of benzene rings is 3. The van der Waals surface area contributed by atoms with Gasteiger partial charge in [-0.25, -0.2) is 21.1 Å². The summed E-state index contributed by atoms with van der Waals surface area (Å²) < 4.78 is 58.2. The smallest absolute Gasteiger partial charge is 0.244 e. The van der Waals surface area contributed by atoms with E-state index < -0.39 is 32.1 Å². The van der Waals surface area contributed by atoms with E-state index >= 15 is 0 Å². The minimum absolute atomic E-state index is 0.0377. The average molecular weight is 509 g/mol. The number of para-hydroxylation sites is 1. The normalized spacial score (nSPS) is 19.0. The van der Waals surface area contributed by atoms with E-state index in [1.807, 2.05) is 13.8 Å². The molecular formula is C27H28N2O4S2. The highest BCUT2D eigenvalue weighted by atomic mass is 32.2. The molecule has 0 radical (unpaired) electrons. The van der Waals surface area contributed by atoms with Crippen LogP contribution >= 0.6 is 0 Å². The Labute approximate surface area is 207 Å². The van der Waals surface area contributed by atoms with E-state index in [0.29, 0.717) is 11.3 Å². The fraction of sp³-hybridized carbons (Fsp3) is 0.185. The van der Waals surface area contributed by atoms with E-state index in [4.69, 9.17) is 0 Å². The third-order valence-electron chi connectivity index (χ3n) is 6.18. The van der Waals surface area contributed by atoms with Crippen molar-refractivity contribution in [2.45, 2.75) is 29.8 Å². The Morgan fingerprint density at radius 3 is 1.86 bits per heavy atom. The van der Waals surface area contributed by atoms with Crippen molar-refractivity contribution in [3.63, 3.8) is 0 Å². The van der Waals surface area contributed by atoms with E-state index in [1.165, 1.54) is 28.6 Å². The molecule has 3 aromatic rings. The van der Waals surface area contributed by atoms with Gasteiger partial charge in [0.05, 0.1) is 15.5 Å². The van der Waals surface area contributed by atoms with Crippen LogP contribution in [-0.2, 0) is 20.0 Å². The molecule has 1 saturated heterocycles. The quantitative estimate of drug-likeness (QED) is 0.426. The highest BCUT2D eigenvalue weighted by molar-refractivity contribution is 7.93. The molecule has 182 valence electrons. The Balaban J connectivity index is 1.93. The summed E-state index contributed by atoms with van der Waals surface area (Å²) in [7, 11) is -8.23. The molecule has 4 rings (SSSR count). The molecule has 0 N–H and O–H groups in total. The molecule has 0 aliphatic carbocycles. The van der Waals surface area contributed by atoms with Gasteiger partial charge < -0.3 is 0 Å². The van der Waals surface area contributed by atoms with Crippen LogP contribution in [0.3, 0.4) is 0 Å². The SMILES string of the molecule is C=C[C@@H]1CN(S(=O)(=O)c2ccc(C)cc2)[C@@H](N(c2ccccc2)S(=O)(=O)c2ccc(C)cc2)C1=C. The summed E-state index contributed by atoms with van der Waals surface area (Å²) >= 11 is 0. The van der Waals surface area contributed by atoms with Gasteiger partial charge in [-0.1, -0.05) is 66.2 Å². The Kier molecular flexibility index (Phi) is 6.73. The van der Waals surface area contributed by atoms with Gasteiger partial charge in [0.2, 0.25) is 10.0 Å². The second-order valence-corrected chi connectivity index (χ2v) is 12.3. The standard InChI is InChI=1S/C27H28N2O4S2/c1-5-23-19-28(34(30,31)25-15-11-20(2)12-16-25)27(22(23)4)29(24-9-7-6-8-10-24)35(32,33)26-17-13-21(3)14-18-26/h5-18,23,27H,1,4,19H2,2-3H3/t23-,27+/m1/s1. The van der Waals surface area contributed by atoms with Gasteiger partial charge in [0, 0.05) is 12.5 Å². The molecule has 3 aromatic carbocycles. The molecule has 0 bridgehead atoms. The van der Waals surface area contributed by atoms with Crippen LogP contribution in [0.5, 0.6) is 0 Å². The van der Waals surface area contributed by atoms with Crippen LogP contribution in [0, 0.1) is 19.8 Å². The molecule has 6 nitrogen and oxygen atoms in total. The van der Waals surface area contributed by atoms with Crippen LogP contribution in [0.1, 0.15) is 11.1 Å². The van der Waals surface area contributed by atoms with Crippen molar-refractivity contribution < 1.29 is 16.8 Å². The Bertz CT molecular complexity index is 1450. The highest BCUT2D eigenvalue weighted by Gasteiger charge is 2.48. The third kappa shape index (κ3) is 4.57. The number of hydrogen-bond acceptors (Lipinski definition) is 4. The predicted octanol–water partition coefficient (Wildman–Crippen LogP) is 4.89. The van der Waals surface area contributed by atoms with Crippen molar-refractivity contribution in [2.24, 2.45) is 5.92 Å². The van der Waals surface area contributed by atoms with E-state index in [1.54, 1.807) is 60.7 Å². The Hall–Kier alpha value is -3.20. The maximum absolute atomic E-state index is 14.1. The number of rotatable bonds is 7. The molecule has 0 amide bonds. The molecule has 1 aliphatic heterocycles. The number of sulfonamides is 2. The topological polar surface area (TPSA) is 74.8 Å². The van der Waals surface area contributed by atoms with Crippen LogP contribution in [0.4, 0.5) is 5.69 Å². The minimum atomic E-state index is -4.17. The Morgan fingerprint density at radius 1 is 0.829 bits per heavy atom. The average Bonchev–Trinajstić information content (AvgIpc) is 3.17. The van der Waals surface area contributed by atoms with Gasteiger partial charge in [-0.15, -0.1) is 6.58 Å². The van der Waals surface area contributed by atoms with Gasteiger partial charge in [-0.05, 0) is 55.8 Å². The first-order valence-electron chi connectivity index (χ1n) is 11.1. The lowest BCUT2D eigenvalue weighted by molar-refractivity contribution is 0.407. The summed E-state index contributed by atoms with van der Waals surface area (Å²) in [6.45, 7) is 11.8. The zero-order valence-electron chi connectivity index (χ0n) is 19.7. The lowest BCUT2D eigenvalue weighted by atomic mass is 10.0. The second-order valence-electron chi connectivity index (χ2n) is 8.63. The molecule has 2 atom stereocenters. The van der Waals surface area contributed by atoms with E-state index in [9.17, 15) is 16.8 Å². The molecule has 1 aliphatic rings. The largest absolute Gasteiger partial charge is 0.265 e. The zero-order valence-corrected chi connectivity index (χ0v) is 21.3. The second kappa shape index (κ2) is 9.45. The fourth-order valence-electron chi connectivity index (χ4n) is 4.17. The van der Waals surface area contributed by atoms with E-state index in [2.05, 4.69) is 13.2 Å². The van der Waals surface area contributed by atoms with Gasteiger partial charge >= 0.3 is 0 Å². The molecule has 35 heavy (non-hydrogen) atoms. The van der Waals surface area contributed by atoms with Crippen LogP contribution < -0.4 is 4.31 Å². The van der Waals surface area contributed by atoms with Crippen molar-refractivity contribution >= 4 is 25.7 Å². The predicted molar refractivity (Wildman–Crippen MR) is 139 cm³/mol. The summed E-state index contributed by atoms with van der Waals surface area (Å²) in [6.07, 6.45) is 0.444. The van der Waals surface area contributed by atoms with E-state index in [0.717, 1.165) is 15.4 Å². The maximum atomic E-state index is 14.1. The van der Waals surface area contributed by atoms with Crippen LogP contribution in [0.25, 0.3) is 0 Å². The molecule has 0 saturated carbocycles. The first-order chi connectivity index (χ1) is 16.6. The van der Waals surface area contributed by atoms with Crippen LogP contribution in [0.2, 0.25) is 0 Å². The summed E-state index contributed by atoms with van der Waals surface area (Å²) in [5.41, 5.74) is 2.61. The fourth-order valence-corrected chi connectivity index (χ4v) is 7.44. The Morgan fingerprint density at radius 2 is 1.34 bits per heavy atom. The summed E-state index contributed by atoms with van der Waals surface area (Å²) in [4.78, 5) is 0.154. The van der Waals surface area contributed by atoms with Crippen molar-refractivity contribution in [1.82, 2.24) is 4.31 Å². The molecule has 0 unspecified atom stereocenters. The monoisotopic (exact) mass is 508 g/mol. The number of nitrogens with zero attached hydrogens (tertiary/aromatic N) is 2. The van der Waals surface area contributed by atoms with Gasteiger partial charge in [-0.3, -0.25) is 0 Å². The summed E-state index contributed by atoms with van der Waals surface area (Å²) in [5, 5.41) is 0. The molecule has 1 fully saturated rings. The number of hydrogen-bond donors (Lipinski definition) is 0. The lowest BCUT2D eigenvalue weighted by Gasteiger charge is -2.35. The van der Waals surface area contributed by atoms with Crippen LogP contribution in [0.15, 0.2) is 113 Å². The minimum Gasteiger partial charge on any atom is -0.244 e. The van der Waals surface area contributed by atoms with Crippen molar-refractivity contribution in [2.75, 3.05) is 10.8 Å².